The Morgan fingerprint density at radius 2 is 1.25 bits per heavy atom. The summed E-state index contributed by atoms with van der Waals surface area (Å²) < 4.78 is 12.3. The van der Waals surface area contributed by atoms with Gasteiger partial charge in [0.1, 0.15) is 5.82 Å². The number of hydrogen-bond donors (Lipinski definition) is 2. The second-order valence-electron chi connectivity index (χ2n) is 14.6. The maximum Gasteiger partial charge on any atom is 0.124 e. The Morgan fingerprint density at radius 1 is 0.603 bits per heavy atom. The van der Waals surface area contributed by atoms with Crippen molar-refractivity contribution in [2.45, 2.75) is 33.1 Å². The van der Waals surface area contributed by atoms with Crippen LogP contribution in [0.1, 0.15) is 30.0 Å². The maximum atomic E-state index is 12.3. The summed E-state index contributed by atoms with van der Waals surface area (Å²) in [5, 5.41) is 6.23. The van der Waals surface area contributed by atoms with E-state index in [1.54, 1.807) is 36.8 Å². The first-order chi connectivity index (χ1) is 32.8. The molecule has 0 radical (unpaired) electrons. The van der Waals surface area contributed by atoms with Gasteiger partial charge in [-0.25, -0.2) is 4.39 Å². The van der Waals surface area contributed by atoms with Gasteiger partial charge in [-0.05, 0) is 152 Å². The number of aryl methyl sites for hydroxylation is 2. The minimum Gasteiger partial charge on any atom is -0.330 e. The van der Waals surface area contributed by atoms with Crippen LogP contribution in [0.5, 0.6) is 0 Å². The first-order valence-electron chi connectivity index (χ1n) is 21.5. The maximum absolute atomic E-state index is 12.3. The molecule has 0 saturated carbocycles. The lowest BCUT2D eigenvalue weighted by Gasteiger charge is -2.10. The van der Waals surface area contributed by atoms with Gasteiger partial charge in [-0.3, -0.25) is 9.97 Å². The highest BCUT2D eigenvalue weighted by Crippen LogP contribution is 2.27. The first-order valence-corrected chi connectivity index (χ1v) is 24.2. The summed E-state index contributed by atoms with van der Waals surface area (Å²) in [6.45, 7) is 5.33. The van der Waals surface area contributed by atoms with Crippen molar-refractivity contribution in [1.29, 1.82) is 0 Å². The summed E-state index contributed by atoms with van der Waals surface area (Å²) in [4.78, 5) is 7.92. The molecule has 0 spiro atoms. The number of hydrogen-bond acceptors (Lipinski definition) is 4. The highest BCUT2D eigenvalue weighted by Gasteiger charge is 2.04. The van der Waals surface area contributed by atoms with E-state index >= 15 is 0 Å². The number of nitrogens with two attached hydrogens (primary N) is 2. The Labute approximate surface area is 436 Å². The molecule has 2 aromatic heterocycles. The number of halogens is 8. The van der Waals surface area contributed by atoms with Crippen LogP contribution in [0.4, 0.5) is 4.39 Å². The molecule has 4 N–H and O–H groups in total. The van der Waals surface area contributed by atoms with Crippen LogP contribution in [0, 0.1) is 18.7 Å². The van der Waals surface area contributed by atoms with Crippen LogP contribution in [0.3, 0.4) is 0 Å². The monoisotopic (exact) mass is 1050 g/mol. The van der Waals surface area contributed by atoms with E-state index in [4.69, 9.17) is 92.7 Å². The molecule has 12 heteroatoms. The Morgan fingerprint density at radius 3 is 1.79 bits per heavy atom. The van der Waals surface area contributed by atoms with E-state index < -0.39 is 0 Å². The van der Waals surface area contributed by atoms with E-state index in [9.17, 15) is 4.39 Å². The molecule has 0 fully saturated rings. The van der Waals surface area contributed by atoms with Crippen LogP contribution in [0.2, 0.25) is 30.1 Å². The third-order valence-corrected chi connectivity index (χ3v) is 11.2. The molecule has 4 nitrogen and oxygen atoms in total. The summed E-state index contributed by atoms with van der Waals surface area (Å²) in [5.41, 5.74) is 17.4. The van der Waals surface area contributed by atoms with Crippen molar-refractivity contribution in [2.24, 2.45) is 17.4 Å². The van der Waals surface area contributed by atoms with E-state index in [0.717, 1.165) is 72.0 Å². The lowest BCUT2D eigenvalue weighted by molar-refractivity contribution is 0.627. The van der Waals surface area contributed by atoms with Gasteiger partial charge < -0.3 is 11.5 Å². The minimum absolute atomic E-state index is 0.286. The molecule has 0 amide bonds. The zero-order chi connectivity index (χ0) is 49.5. The standard InChI is InChI=1S/C12H9Cl.C9H6ClN.C8H10ClN.C8H9Cl.C7H6ClF.C7H10ClN.C5H4ClN/c13-12-9-5-4-8-11(12)10-6-2-1-3-7-10;10-8-3-4-9-7(6-8)2-1-5-11-9;9-8-3-1-2-7(6-8)4-5-10;1-2-7-4-3-5-8(9)6-7;1-5-2-3-6(9)4-7(5)8;8-7-3-1-2-6(4-7)5-9;6-5-2-1-3-7-4-5/h1-9H;1-6H;1-3,6H,4-5,10H2;3-6H,2H2,1H3;2-4H,1H3;1,3-4,6H,2,5,9H2;1-4H. The SMILES string of the molecule is CCc1cccc(Cl)c1.Cc1ccc(F)cc1Cl.Clc1ccc2ncccc2c1.Clc1ccccc1-c1ccccc1.Clc1cccnc1.NCC1C=C(Cl)C=CC1.NCCc1cccc(Cl)c1. The van der Waals surface area contributed by atoms with Crippen molar-refractivity contribution in [1.82, 2.24) is 9.97 Å². The van der Waals surface area contributed by atoms with Gasteiger partial charge in [0, 0.05) is 59.7 Å². The minimum atomic E-state index is -0.286. The fourth-order valence-corrected chi connectivity index (χ4v) is 7.17. The topological polar surface area (TPSA) is 77.8 Å². The zero-order valence-corrected chi connectivity index (χ0v) is 43.0. The Hall–Kier alpha value is -4.76. The van der Waals surface area contributed by atoms with Gasteiger partial charge in [-0.2, -0.15) is 0 Å². The number of benzene rings is 6. The van der Waals surface area contributed by atoms with Crippen LogP contribution in [0.25, 0.3) is 22.0 Å². The molecule has 2 heterocycles. The number of pyridine rings is 2. The van der Waals surface area contributed by atoms with Crippen molar-refractivity contribution >= 4 is 92.1 Å². The number of nitrogens with zero attached hydrogens (tertiary/aromatic N) is 2. The van der Waals surface area contributed by atoms with E-state index in [1.165, 1.54) is 23.3 Å². The molecule has 0 aliphatic heterocycles. The van der Waals surface area contributed by atoms with Crippen LogP contribution in [-0.2, 0) is 12.8 Å². The first kappa shape index (κ1) is 57.6. The number of allylic oxidation sites excluding steroid dienone is 3. The molecule has 0 saturated heterocycles. The fourth-order valence-electron chi connectivity index (χ4n) is 5.75. The van der Waals surface area contributed by atoms with Gasteiger partial charge in [0.15, 0.2) is 0 Å². The molecule has 8 aromatic rings. The lowest BCUT2D eigenvalue weighted by Crippen LogP contribution is -2.12. The predicted molar refractivity (Wildman–Crippen MR) is 294 cm³/mol. The molecule has 6 aromatic carbocycles. The summed E-state index contributed by atoms with van der Waals surface area (Å²) in [6.07, 6.45) is 14.0. The largest absolute Gasteiger partial charge is 0.330 e. The molecule has 1 aliphatic carbocycles. The van der Waals surface area contributed by atoms with E-state index in [-0.39, 0.29) is 5.82 Å². The summed E-state index contributed by atoms with van der Waals surface area (Å²) in [7, 11) is 0. The van der Waals surface area contributed by atoms with Crippen molar-refractivity contribution in [3.05, 3.63) is 258 Å². The molecule has 9 rings (SSSR count). The highest BCUT2D eigenvalue weighted by molar-refractivity contribution is 6.33. The van der Waals surface area contributed by atoms with Gasteiger partial charge >= 0.3 is 0 Å². The molecule has 1 unspecified atom stereocenters. The molecule has 68 heavy (non-hydrogen) atoms. The molecular formula is C56H54Cl7FN4. The predicted octanol–water partition coefficient (Wildman–Crippen LogP) is 17.8. The van der Waals surface area contributed by atoms with Gasteiger partial charge in [0.25, 0.3) is 0 Å². The van der Waals surface area contributed by atoms with Gasteiger partial charge in [-0.15, -0.1) is 0 Å². The van der Waals surface area contributed by atoms with Gasteiger partial charge in [0.2, 0.25) is 0 Å². The Kier molecular flexibility index (Phi) is 28.5. The summed E-state index contributed by atoms with van der Waals surface area (Å²) >= 11 is 40.1. The van der Waals surface area contributed by atoms with Gasteiger partial charge in [0.05, 0.1) is 10.5 Å². The average molecular weight is 1050 g/mol. The fraction of sp³-hybridized carbons (Fsp3) is 0.143. The zero-order valence-electron chi connectivity index (χ0n) is 37.7. The highest BCUT2D eigenvalue weighted by atomic mass is 35.5. The molecule has 0 bridgehead atoms. The third-order valence-electron chi connectivity index (χ3n) is 9.32. The van der Waals surface area contributed by atoms with Crippen molar-refractivity contribution < 1.29 is 4.39 Å². The van der Waals surface area contributed by atoms with E-state index in [2.05, 4.69) is 41.2 Å². The lowest BCUT2D eigenvalue weighted by atomic mass is 10.0. The second kappa shape index (κ2) is 33.7. The van der Waals surface area contributed by atoms with E-state index in [1.807, 2.05) is 134 Å². The number of fused-ring (bicyclic) bond motifs is 1. The molecule has 354 valence electrons. The Balaban J connectivity index is 0.000000212. The van der Waals surface area contributed by atoms with Gasteiger partial charge in [-0.1, -0.05) is 185 Å². The summed E-state index contributed by atoms with van der Waals surface area (Å²) in [6, 6.07) is 51.2. The number of aromatic nitrogens is 2. The van der Waals surface area contributed by atoms with Crippen molar-refractivity contribution in [3.8, 4) is 11.1 Å². The van der Waals surface area contributed by atoms with Crippen LogP contribution >= 0.6 is 81.2 Å². The smallest absolute Gasteiger partial charge is 0.124 e. The molecular weight excluding hydrogens is 996 g/mol. The van der Waals surface area contributed by atoms with Crippen molar-refractivity contribution in [2.75, 3.05) is 13.1 Å². The molecule has 1 aliphatic rings. The van der Waals surface area contributed by atoms with E-state index in [0.29, 0.717) is 29.1 Å². The van der Waals surface area contributed by atoms with Crippen molar-refractivity contribution in [3.63, 3.8) is 0 Å². The van der Waals surface area contributed by atoms with Crippen LogP contribution in [0.15, 0.2) is 206 Å². The second-order valence-corrected chi connectivity index (χ2v) is 17.6. The average Bonchev–Trinajstić information content (AvgIpc) is 3.35. The normalized spacial score (nSPS) is 11.9. The molecule has 1 atom stereocenters. The quantitative estimate of drug-likeness (QED) is 0.180. The third kappa shape index (κ3) is 24.0. The van der Waals surface area contributed by atoms with Crippen LogP contribution in [-0.4, -0.2) is 23.1 Å². The summed E-state index contributed by atoms with van der Waals surface area (Å²) in [5.74, 6) is 0.174. The van der Waals surface area contributed by atoms with Crippen LogP contribution < -0.4 is 11.5 Å². The Bertz CT molecular complexity index is 2720. The number of rotatable bonds is 5.